The van der Waals surface area contributed by atoms with Crippen LogP contribution >= 0.6 is 11.3 Å². The zero-order valence-electron chi connectivity index (χ0n) is 21.1. The van der Waals surface area contributed by atoms with Crippen LogP contribution in [0.1, 0.15) is 56.0 Å². The Labute approximate surface area is 221 Å². The van der Waals surface area contributed by atoms with Crippen LogP contribution in [0.2, 0.25) is 0 Å². The van der Waals surface area contributed by atoms with E-state index in [-0.39, 0.29) is 29.0 Å². The largest absolute Gasteiger partial charge is 0.464 e. The summed E-state index contributed by atoms with van der Waals surface area (Å²) in [4.78, 5) is 20.5. The molecule has 1 N–H and O–H groups in total. The van der Waals surface area contributed by atoms with Crippen LogP contribution in [0.4, 0.5) is 8.78 Å². The summed E-state index contributed by atoms with van der Waals surface area (Å²) in [5.41, 5.74) is 0.936. The fraction of sp³-hybridized carbons (Fsp3) is 0.615. The number of nitrogens with one attached hydrogen (secondary N) is 1. The van der Waals surface area contributed by atoms with Crippen LogP contribution in [-0.2, 0) is 27.6 Å². The van der Waals surface area contributed by atoms with Crippen molar-refractivity contribution >= 4 is 27.1 Å². The van der Waals surface area contributed by atoms with E-state index in [1.165, 1.54) is 11.3 Å². The predicted molar refractivity (Wildman–Crippen MR) is 139 cm³/mol. The van der Waals surface area contributed by atoms with Gasteiger partial charge in [-0.3, -0.25) is 9.69 Å². The maximum Gasteiger partial charge on any atom is 0.278 e. The lowest BCUT2D eigenvalue weighted by Gasteiger charge is -2.32. The first kappa shape index (κ1) is 27.9. The van der Waals surface area contributed by atoms with Gasteiger partial charge in [0.25, 0.3) is 11.1 Å². The Kier molecular flexibility index (Phi) is 9.18. The lowest BCUT2D eigenvalue weighted by atomic mass is 9.84. The number of thiazole rings is 1. The standard InChI is InChI=1S/C26H35F2N3O4S2/c1-26(27,28)18-35-25-30-22-17-31(15-12-23(22)36-25)14-11-19-7-9-20(10-8-19)29-24(32)13-16-37(33,34)21-5-3-2-4-6-21/h2-6,19-20H,7-18H2,1H3,(H,29,32). The van der Waals surface area contributed by atoms with Crippen molar-refractivity contribution in [2.24, 2.45) is 5.92 Å². The zero-order valence-corrected chi connectivity index (χ0v) is 22.8. The molecule has 0 radical (unpaired) electrons. The van der Waals surface area contributed by atoms with E-state index in [1.54, 1.807) is 30.3 Å². The maximum atomic E-state index is 13.1. The zero-order chi connectivity index (χ0) is 26.5. The highest BCUT2D eigenvalue weighted by Gasteiger charge is 2.27. The molecule has 0 bridgehead atoms. The lowest BCUT2D eigenvalue weighted by molar-refractivity contribution is -0.121. The molecule has 1 aromatic carbocycles. The van der Waals surface area contributed by atoms with Crippen molar-refractivity contribution in [3.63, 3.8) is 0 Å². The van der Waals surface area contributed by atoms with Gasteiger partial charge in [0.1, 0.15) is 0 Å². The minimum absolute atomic E-state index is 0.0294. The quantitative estimate of drug-likeness (QED) is 0.440. The van der Waals surface area contributed by atoms with E-state index in [1.807, 2.05) is 0 Å². The van der Waals surface area contributed by atoms with Crippen molar-refractivity contribution in [2.75, 3.05) is 25.4 Å². The van der Waals surface area contributed by atoms with Crippen LogP contribution in [0, 0.1) is 5.92 Å². The Morgan fingerprint density at radius 3 is 2.65 bits per heavy atom. The number of carbonyl (C=O) groups is 1. The molecule has 1 saturated carbocycles. The van der Waals surface area contributed by atoms with E-state index in [0.717, 1.165) is 75.7 Å². The second-order valence-electron chi connectivity index (χ2n) is 10.2. The minimum atomic E-state index is -3.46. The SMILES string of the molecule is CC(F)(F)COc1nc2c(s1)CCN(CCC1CCC(NC(=O)CCS(=O)(=O)c3ccccc3)CC1)C2. The Balaban J connectivity index is 1.13. The highest BCUT2D eigenvalue weighted by Crippen LogP contribution is 2.32. The maximum absolute atomic E-state index is 13.1. The summed E-state index contributed by atoms with van der Waals surface area (Å²) in [6, 6.07) is 8.33. The molecule has 1 fully saturated rings. The van der Waals surface area contributed by atoms with Crippen molar-refractivity contribution in [3.8, 4) is 5.19 Å². The van der Waals surface area contributed by atoms with Crippen molar-refractivity contribution in [1.82, 2.24) is 15.2 Å². The molecule has 2 aromatic rings. The van der Waals surface area contributed by atoms with Gasteiger partial charge in [-0.15, -0.1) is 0 Å². The number of fused-ring (bicyclic) bond motifs is 1. The highest BCUT2D eigenvalue weighted by atomic mass is 32.2. The normalized spacial score (nSPS) is 20.8. The molecule has 4 rings (SSSR count). The second-order valence-corrected chi connectivity index (χ2v) is 13.3. The molecule has 7 nitrogen and oxygen atoms in total. The molecule has 2 aliphatic rings. The molecule has 204 valence electrons. The highest BCUT2D eigenvalue weighted by molar-refractivity contribution is 7.91. The summed E-state index contributed by atoms with van der Waals surface area (Å²) in [7, 11) is -3.46. The van der Waals surface area contributed by atoms with Crippen LogP contribution in [0.3, 0.4) is 0 Å². The first-order valence-corrected chi connectivity index (χ1v) is 15.3. The molecule has 1 amide bonds. The molecular weight excluding hydrogens is 520 g/mol. The smallest absolute Gasteiger partial charge is 0.278 e. The molecule has 0 saturated heterocycles. The number of sulfone groups is 1. The number of alkyl halides is 2. The van der Waals surface area contributed by atoms with Gasteiger partial charge >= 0.3 is 0 Å². The van der Waals surface area contributed by atoms with Gasteiger partial charge in [0, 0.05) is 37.4 Å². The number of halogens is 2. The van der Waals surface area contributed by atoms with E-state index in [9.17, 15) is 22.0 Å². The molecule has 1 aliphatic carbocycles. The predicted octanol–water partition coefficient (Wildman–Crippen LogP) is 4.46. The summed E-state index contributed by atoms with van der Waals surface area (Å²) in [6.45, 7) is 2.78. The van der Waals surface area contributed by atoms with Crippen LogP contribution in [0.25, 0.3) is 0 Å². The summed E-state index contributed by atoms with van der Waals surface area (Å²) < 4.78 is 56.1. The number of carbonyl (C=O) groups excluding carboxylic acids is 1. The van der Waals surface area contributed by atoms with E-state index >= 15 is 0 Å². The fourth-order valence-corrected chi connectivity index (χ4v) is 7.07. The first-order valence-electron chi connectivity index (χ1n) is 12.9. The van der Waals surface area contributed by atoms with Crippen LogP contribution in [0.15, 0.2) is 35.2 Å². The van der Waals surface area contributed by atoms with Gasteiger partial charge < -0.3 is 10.1 Å². The third-order valence-corrected chi connectivity index (χ3v) is 9.80. The number of benzene rings is 1. The monoisotopic (exact) mass is 555 g/mol. The third-order valence-electron chi connectivity index (χ3n) is 7.00. The number of amides is 1. The fourth-order valence-electron chi connectivity index (χ4n) is 4.90. The van der Waals surface area contributed by atoms with Crippen molar-refractivity contribution in [3.05, 3.63) is 40.9 Å². The average Bonchev–Trinajstić information content (AvgIpc) is 3.28. The average molecular weight is 556 g/mol. The van der Waals surface area contributed by atoms with Crippen LogP contribution in [-0.4, -0.2) is 61.6 Å². The van der Waals surface area contributed by atoms with Crippen molar-refractivity contribution < 1.29 is 26.7 Å². The first-order chi connectivity index (χ1) is 17.6. The van der Waals surface area contributed by atoms with Gasteiger partial charge in [0.05, 0.1) is 16.3 Å². The Morgan fingerprint density at radius 1 is 1.22 bits per heavy atom. The molecule has 1 aliphatic heterocycles. The summed E-state index contributed by atoms with van der Waals surface area (Å²) >= 11 is 1.37. The Hall–Kier alpha value is -2.11. The Bertz CT molecular complexity index is 1140. The van der Waals surface area contributed by atoms with Gasteiger partial charge in [-0.25, -0.2) is 22.2 Å². The number of hydrogen-bond acceptors (Lipinski definition) is 7. The second kappa shape index (κ2) is 12.2. The van der Waals surface area contributed by atoms with Gasteiger partial charge in [0.15, 0.2) is 16.4 Å². The van der Waals surface area contributed by atoms with E-state index in [0.29, 0.717) is 11.1 Å². The number of nitrogens with zero attached hydrogens (tertiary/aromatic N) is 2. The molecule has 2 heterocycles. The number of aromatic nitrogens is 1. The van der Waals surface area contributed by atoms with E-state index in [4.69, 9.17) is 4.74 Å². The number of rotatable bonds is 11. The van der Waals surface area contributed by atoms with Crippen LogP contribution < -0.4 is 10.1 Å². The summed E-state index contributed by atoms with van der Waals surface area (Å²) in [5, 5.41) is 3.35. The van der Waals surface area contributed by atoms with Gasteiger partial charge in [-0.05, 0) is 63.1 Å². The van der Waals surface area contributed by atoms with E-state index in [2.05, 4.69) is 15.2 Å². The molecule has 0 unspecified atom stereocenters. The lowest BCUT2D eigenvalue weighted by Crippen LogP contribution is -2.39. The summed E-state index contributed by atoms with van der Waals surface area (Å²) in [6.07, 6.45) is 5.77. The van der Waals surface area contributed by atoms with Gasteiger partial charge in [0.2, 0.25) is 5.91 Å². The molecular formula is C26H35F2N3O4S2. The van der Waals surface area contributed by atoms with Crippen LogP contribution in [0.5, 0.6) is 5.19 Å². The Morgan fingerprint density at radius 2 is 1.95 bits per heavy atom. The van der Waals surface area contributed by atoms with Gasteiger partial charge in [-0.2, -0.15) is 0 Å². The molecule has 37 heavy (non-hydrogen) atoms. The van der Waals surface area contributed by atoms with Gasteiger partial charge in [-0.1, -0.05) is 29.5 Å². The molecule has 11 heteroatoms. The van der Waals surface area contributed by atoms with E-state index < -0.39 is 22.4 Å². The summed E-state index contributed by atoms with van der Waals surface area (Å²) in [5.74, 6) is -2.67. The number of hydrogen-bond donors (Lipinski definition) is 1. The van der Waals surface area contributed by atoms with Crippen molar-refractivity contribution in [1.29, 1.82) is 0 Å². The minimum Gasteiger partial charge on any atom is -0.464 e. The molecule has 0 atom stereocenters. The topological polar surface area (TPSA) is 88.6 Å². The van der Waals surface area contributed by atoms with Crippen molar-refractivity contribution in [2.45, 2.75) is 75.3 Å². The third kappa shape index (κ3) is 8.44. The molecule has 1 aromatic heterocycles. The number of ether oxygens (including phenoxy) is 1. The molecule has 0 spiro atoms.